The number of hydrogen-bond donors (Lipinski definition) is 1. The van der Waals surface area contributed by atoms with E-state index in [2.05, 4.69) is 99.8 Å². The molecule has 7 nitrogen and oxygen atoms in total. The molecule has 0 atom stereocenters. The minimum atomic E-state index is -0.786. The van der Waals surface area contributed by atoms with Gasteiger partial charge in [-0.1, -0.05) is 91.0 Å². The molecule has 1 N–H and O–H groups in total. The molecule has 0 unspecified atom stereocenters. The van der Waals surface area contributed by atoms with Gasteiger partial charge in [0.2, 0.25) is 0 Å². The van der Waals surface area contributed by atoms with Gasteiger partial charge in [-0.05, 0) is 54.8 Å². The largest absolute Gasteiger partial charge is 0.491 e. The van der Waals surface area contributed by atoms with E-state index in [4.69, 9.17) is 9.84 Å². The predicted octanol–water partition coefficient (Wildman–Crippen LogP) is 6.30. The maximum Gasteiger partial charge on any atom is 0.152 e. The van der Waals surface area contributed by atoms with Gasteiger partial charge in [0.25, 0.3) is 0 Å². The molecule has 0 aliphatic carbocycles. The van der Waals surface area contributed by atoms with Crippen LogP contribution in [0.25, 0.3) is 22.2 Å². The summed E-state index contributed by atoms with van der Waals surface area (Å²) < 4.78 is 8.32. The third kappa shape index (κ3) is 4.72. The summed E-state index contributed by atoms with van der Waals surface area (Å²) in [6.07, 6.45) is 1.45. The Hall–Kier alpha value is -5.01. The number of anilines is 1. The highest BCUT2D eigenvalue weighted by Gasteiger charge is 2.41. The number of nitrogens with zero attached hydrogens (tertiary/aromatic N) is 5. The number of rotatable bonds is 8. The van der Waals surface area contributed by atoms with Gasteiger partial charge in [-0.25, -0.2) is 4.68 Å². The van der Waals surface area contributed by atoms with Crippen molar-refractivity contribution in [1.29, 1.82) is 0 Å². The molecule has 1 saturated heterocycles. The number of benzene rings is 4. The normalized spacial score (nSPS) is 13.8. The predicted molar refractivity (Wildman–Crippen MR) is 169 cm³/mol. The van der Waals surface area contributed by atoms with Gasteiger partial charge in [-0.2, -0.15) is 10.2 Å². The fourth-order valence-corrected chi connectivity index (χ4v) is 6.10. The quantitative estimate of drug-likeness (QED) is 0.218. The maximum absolute atomic E-state index is 9.91. The molecule has 3 heterocycles. The molecule has 6 aromatic rings. The molecule has 7 rings (SSSR count). The van der Waals surface area contributed by atoms with Gasteiger partial charge in [0, 0.05) is 24.0 Å². The lowest BCUT2D eigenvalue weighted by molar-refractivity contribution is 0.141. The second-order valence-corrected chi connectivity index (χ2v) is 11.3. The minimum Gasteiger partial charge on any atom is -0.491 e. The van der Waals surface area contributed by atoms with Crippen LogP contribution in [-0.2, 0) is 5.54 Å². The van der Waals surface area contributed by atoms with Gasteiger partial charge in [-0.3, -0.25) is 0 Å². The van der Waals surface area contributed by atoms with E-state index in [0.29, 0.717) is 13.1 Å². The molecule has 7 heteroatoms. The van der Waals surface area contributed by atoms with Crippen molar-refractivity contribution in [3.05, 3.63) is 138 Å². The SMILES string of the molecule is CC(C)Oc1ccc2c(c1)c(-c1cnnc(N3CC(O)C3)c1)nn2C(c1ccccc1)(c1ccccc1)c1ccccc1. The Morgan fingerprint density at radius 1 is 0.791 bits per heavy atom. The maximum atomic E-state index is 9.91. The molecule has 214 valence electrons. The van der Waals surface area contributed by atoms with Crippen molar-refractivity contribution in [3.63, 3.8) is 0 Å². The van der Waals surface area contributed by atoms with E-state index in [0.717, 1.165) is 50.4 Å². The lowest BCUT2D eigenvalue weighted by atomic mass is 9.77. The summed E-state index contributed by atoms with van der Waals surface area (Å²) in [5, 5.41) is 25.0. The number of aliphatic hydroxyl groups excluding tert-OH is 1. The highest BCUT2D eigenvalue weighted by molar-refractivity contribution is 5.95. The smallest absolute Gasteiger partial charge is 0.152 e. The van der Waals surface area contributed by atoms with Crippen molar-refractivity contribution in [2.45, 2.75) is 31.6 Å². The molecule has 0 saturated carbocycles. The van der Waals surface area contributed by atoms with Crippen molar-refractivity contribution in [1.82, 2.24) is 20.0 Å². The summed E-state index contributed by atoms with van der Waals surface area (Å²) in [5.74, 6) is 1.50. The summed E-state index contributed by atoms with van der Waals surface area (Å²) in [4.78, 5) is 2.02. The van der Waals surface area contributed by atoms with Crippen LogP contribution in [0.1, 0.15) is 30.5 Å². The molecule has 1 aliphatic heterocycles. The molecule has 0 radical (unpaired) electrons. The zero-order chi connectivity index (χ0) is 29.4. The van der Waals surface area contributed by atoms with Crippen LogP contribution in [0.4, 0.5) is 5.82 Å². The van der Waals surface area contributed by atoms with E-state index in [9.17, 15) is 5.11 Å². The molecule has 0 spiro atoms. The van der Waals surface area contributed by atoms with Gasteiger partial charge in [0.15, 0.2) is 5.82 Å². The molecule has 4 aromatic carbocycles. The zero-order valence-electron chi connectivity index (χ0n) is 24.2. The van der Waals surface area contributed by atoms with Crippen LogP contribution in [0.2, 0.25) is 0 Å². The molecule has 1 fully saturated rings. The lowest BCUT2D eigenvalue weighted by Gasteiger charge is -2.37. The van der Waals surface area contributed by atoms with Crippen molar-refractivity contribution < 1.29 is 9.84 Å². The Kier molecular flexibility index (Phi) is 6.87. The molecule has 0 bridgehead atoms. The summed E-state index contributed by atoms with van der Waals surface area (Å²) >= 11 is 0. The summed E-state index contributed by atoms with van der Waals surface area (Å²) in [6.45, 7) is 5.14. The summed E-state index contributed by atoms with van der Waals surface area (Å²) in [5.41, 5.74) is 5.08. The molecular formula is C36H33N5O2. The average molecular weight is 568 g/mol. The van der Waals surface area contributed by atoms with Crippen LogP contribution >= 0.6 is 0 Å². The average Bonchev–Trinajstić information content (AvgIpc) is 3.40. The first-order valence-electron chi connectivity index (χ1n) is 14.7. The van der Waals surface area contributed by atoms with Crippen molar-refractivity contribution in [3.8, 4) is 17.0 Å². The minimum absolute atomic E-state index is 0.0278. The third-order valence-corrected chi connectivity index (χ3v) is 8.02. The highest BCUT2D eigenvalue weighted by atomic mass is 16.5. The fourth-order valence-electron chi connectivity index (χ4n) is 6.10. The topological polar surface area (TPSA) is 76.3 Å². The van der Waals surface area contributed by atoms with Crippen molar-refractivity contribution in [2.75, 3.05) is 18.0 Å². The molecule has 2 aromatic heterocycles. The Balaban J connectivity index is 1.55. The number of fused-ring (bicyclic) bond motifs is 1. The van der Waals surface area contributed by atoms with Gasteiger partial charge in [0.1, 0.15) is 17.0 Å². The fraction of sp³-hybridized carbons (Fsp3) is 0.194. The Labute approximate surface area is 251 Å². The standard InChI is InChI=1S/C36H33N5O2/c1-25(2)43-31-18-19-33-32(21-31)35(26-20-34(38-37-22-26)40-23-30(42)24-40)39-41(33)36(27-12-6-3-7-13-27,28-14-8-4-9-15-28)29-16-10-5-11-17-29/h3-22,25,30,42H,23-24H2,1-2H3. The number of β-amino-alcohol motifs (C(OH)–C–C–N with tert-alkyl or cyclic N) is 1. The zero-order valence-corrected chi connectivity index (χ0v) is 24.2. The number of aliphatic hydroxyl groups is 1. The van der Waals surface area contributed by atoms with E-state index in [1.807, 2.05) is 49.1 Å². The molecule has 1 aliphatic rings. The first-order valence-corrected chi connectivity index (χ1v) is 14.7. The van der Waals surface area contributed by atoms with Crippen LogP contribution < -0.4 is 9.64 Å². The molecular weight excluding hydrogens is 534 g/mol. The van der Waals surface area contributed by atoms with Crippen LogP contribution in [0.5, 0.6) is 5.75 Å². The van der Waals surface area contributed by atoms with Crippen molar-refractivity contribution in [2.24, 2.45) is 0 Å². The highest BCUT2D eigenvalue weighted by Crippen LogP contribution is 2.44. The van der Waals surface area contributed by atoms with Crippen molar-refractivity contribution >= 4 is 16.7 Å². The number of aromatic nitrogens is 4. The Bertz CT molecular complexity index is 1750. The monoisotopic (exact) mass is 567 g/mol. The number of hydrogen-bond acceptors (Lipinski definition) is 6. The van der Waals surface area contributed by atoms with Crippen LogP contribution in [0.3, 0.4) is 0 Å². The van der Waals surface area contributed by atoms with E-state index in [-0.39, 0.29) is 12.2 Å². The lowest BCUT2D eigenvalue weighted by Crippen LogP contribution is -2.51. The van der Waals surface area contributed by atoms with Gasteiger partial charge < -0.3 is 14.7 Å². The third-order valence-electron chi connectivity index (χ3n) is 8.02. The number of ether oxygens (including phenoxy) is 1. The van der Waals surface area contributed by atoms with Crippen LogP contribution in [0.15, 0.2) is 121 Å². The van der Waals surface area contributed by atoms with E-state index in [1.165, 1.54) is 0 Å². The Morgan fingerprint density at radius 3 is 1.91 bits per heavy atom. The molecule has 43 heavy (non-hydrogen) atoms. The summed E-state index contributed by atoms with van der Waals surface area (Å²) in [6, 6.07) is 39.9. The molecule has 0 amide bonds. The van der Waals surface area contributed by atoms with Gasteiger partial charge in [-0.15, -0.1) is 5.10 Å². The second kappa shape index (κ2) is 11.0. The second-order valence-electron chi connectivity index (χ2n) is 11.3. The first-order chi connectivity index (χ1) is 21.0. The summed E-state index contributed by atoms with van der Waals surface area (Å²) in [7, 11) is 0. The van der Waals surface area contributed by atoms with E-state index >= 15 is 0 Å². The first kappa shape index (κ1) is 26.9. The van der Waals surface area contributed by atoms with Gasteiger partial charge in [0.05, 0.1) is 23.9 Å². The van der Waals surface area contributed by atoms with E-state index < -0.39 is 5.54 Å². The Morgan fingerprint density at radius 2 is 1.37 bits per heavy atom. The van der Waals surface area contributed by atoms with E-state index in [1.54, 1.807) is 6.20 Å². The van der Waals surface area contributed by atoms with Crippen LogP contribution in [0, 0.1) is 0 Å². The van der Waals surface area contributed by atoms with Gasteiger partial charge >= 0.3 is 0 Å². The van der Waals surface area contributed by atoms with Crippen LogP contribution in [-0.4, -0.2) is 50.4 Å².